The summed E-state index contributed by atoms with van der Waals surface area (Å²) in [6.07, 6.45) is 4.71. The third-order valence-electron chi connectivity index (χ3n) is 7.85. The van der Waals surface area contributed by atoms with E-state index in [0.717, 1.165) is 6.42 Å². The van der Waals surface area contributed by atoms with Crippen LogP contribution in [0.15, 0.2) is 41.4 Å². The Morgan fingerprint density at radius 2 is 1.86 bits per heavy atom. The van der Waals surface area contributed by atoms with Gasteiger partial charge in [-0.25, -0.2) is 9.97 Å². The third kappa shape index (κ3) is 6.06. The molecular formula is C28H43N3O5Si. The lowest BCUT2D eigenvalue weighted by Gasteiger charge is -2.45. The maximum Gasteiger partial charge on any atom is 0.233 e. The van der Waals surface area contributed by atoms with Crippen LogP contribution < -0.4 is 5.32 Å². The van der Waals surface area contributed by atoms with Crippen LogP contribution in [0.5, 0.6) is 0 Å². The highest BCUT2D eigenvalue weighted by Gasteiger charge is 2.49. The summed E-state index contributed by atoms with van der Waals surface area (Å²) in [5.41, 5.74) is 2.66. The number of carbonyl (C=O) groups excluding carboxylic acids is 1. The fraction of sp³-hybridized carbons (Fsp3) is 0.607. The molecule has 1 saturated carbocycles. The molecule has 2 aromatic heterocycles. The van der Waals surface area contributed by atoms with Crippen LogP contribution in [0.25, 0.3) is 0 Å². The molecule has 37 heavy (non-hydrogen) atoms. The Kier molecular flexibility index (Phi) is 9.50. The first-order chi connectivity index (χ1) is 17.4. The number of nitrogens with zero attached hydrogens (tertiary/aromatic N) is 2. The lowest BCUT2D eigenvalue weighted by Crippen LogP contribution is -2.51. The minimum Gasteiger partial charge on any atom is -0.460 e. The number of aliphatic hydroxyl groups excluding tert-OH is 2. The van der Waals surface area contributed by atoms with Crippen LogP contribution in [0.4, 0.5) is 5.82 Å². The molecular weight excluding hydrogens is 486 g/mol. The highest BCUT2D eigenvalue weighted by atomic mass is 28.4. The Bertz CT molecular complexity index is 1060. The Balaban J connectivity index is 1.80. The second-order valence-electron chi connectivity index (χ2n) is 11.3. The molecule has 9 heteroatoms. The van der Waals surface area contributed by atoms with Crippen molar-refractivity contribution < 1.29 is 23.9 Å². The smallest absolute Gasteiger partial charge is 0.233 e. The third-order valence-corrected chi connectivity index (χ3v) is 14.0. The topological polar surface area (TPSA) is 118 Å². The zero-order valence-electron chi connectivity index (χ0n) is 23.2. The largest absolute Gasteiger partial charge is 0.460 e. The average Bonchev–Trinajstić information content (AvgIpc) is 3.48. The van der Waals surface area contributed by atoms with E-state index in [4.69, 9.17) is 8.84 Å². The van der Waals surface area contributed by atoms with Crippen molar-refractivity contribution in [3.63, 3.8) is 0 Å². The van der Waals surface area contributed by atoms with Crippen LogP contribution in [0.1, 0.15) is 89.1 Å². The van der Waals surface area contributed by atoms with E-state index < -0.39 is 14.4 Å². The quantitative estimate of drug-likeness (QED) is 0.183. The Labute approximate surface area is 221 Å². The first-order valence-corrected chi connectivity index (χ1v) is 15.4. The average molecular weight is 530 g/mol. The predicted octanol–water partition coefficient (Wildman–Crippen LogP) is 5.65. The number of rotatable bonds is 12. The van der Waals surface area contributed by atoms with Gasteiger partial charge in [-0.3, -0.25) is 4.79 Å². The lowest BCUT2D eigenvalue weighted by atomic mass is 10.1. The fourth-order valence-electron chi connectivity index (χ4n) is 6.05. The van der Waals surface area contributed by atoms with Crippen molar-refractivity contribution >= 4 is 19.9 Å². The summed E-state index contributed by atoms with van der Waals surface area (Å²) < 4.78 is 12.5. The van der Waals surface area contributed by atoms with Crippen molar-refractivity contribution in [1.29, 1.82) is 0 Å². The maximum atomic E-state index is 13.3. The molecule has 8 nitrogen and oxygen atoms in total. The second kappa shape index (κ2) is 12.0. The van der Waals surface area contributed by atoms with Crippen LogP contribution >= 0.6 is 0 Å². The first-order valence-electron chi connectivity index (χ1n) is 13.2. The molecule has 2 aromatic rings. The lowest BCUT2D eigenvalue weighted by molar-refractivity contribution is 0.0941. The fourth-order valence-corrected chi connectivity index (χ4v) is 11.7. The van der Waals surface area contributed by atoms with Crippen molar-refractivity contribution in [2.45, 2.75) is 96.2 Å². The number of anilines is 1. The highest BCUT2D eigenvalue weighted by molar-refractivity contribution is 6.77. The van der Waals surface area contributed by atoms with Gasteiger partial charge in [0.25, 0.3) is 0 Å². The molecule has 0 radical (unpaired) electrons. The normalized spacial score (nSPS) is 21.1. The number of aliphatic hydroxyl groups is 2. The maximum absolute atomic E-state index is 13.3. The second-order valence-corrected chi connectivity index (χ2v) is 16.7. The van der Waals surface area contributed by atoms with Crippen LogP contribution in [-0.4, -0.2) is 53.0 Å². The molecule has 0 aliphatic heterocycles. The molecule has 2 heterocycles. The molecule has 0 saturated heterocycles. The monoisotopic (exact) mass is 529 g/mol. The van der Waals surface area contributed by atoms with Gasteiger partial charge in [0, 0.05) is 30.3 Å². The predicted molar refractivity (Wildman–Crippen MR) is 147 cm³/mol. The molecule has 0 spiro atoms. The van der Waals surface area contributed by atoms with Gasteiger partial charge in [-0.05, 0) is 48.0 Å². The SMILES string of the molecule is C=C(C)[C@@H](O)c1coc(C(=O)c2cncnc2N[C@@H]2C[C@H](CO)[C@@H](O[Si](C(C)C)(C(C)C)C(C)C)C2)c1. The van der Waals surface area contributed by atoms with Crippen molar-refractivity contribution in [3.8, 4) is 0 Å². The Morgan fingerprint density at radius 3 is 2.43 bits per heavy atom. The van der Waals surface area contributed by atoms with Gasteiger partial charge in [-0.15, -0.1) is 0 Å². The van der Waals surface area contributed by atoms with Gasteiger partial charge >= 0.3 is 0 Å². The van der Waals surface area contributed by atoms with Gasteiger partial charge in [-0.2, -0.15) is 0 Å². The van der Waals surface area contributed by atoms with Gasteiger partial charge < -0.3 is 24.4 Å². The molecule has 1 aliphatic carbocycles. The van der Waals surface area contributed by atoms with E-state index in [1.54, 1.807) is 6.92 Å². The van der Waals surface area contributed by atoms with Gasteiger partial charge in [-0.1, -0.05) is 48.1 Å². The minimum atomic E-state index is -2.12. The molecule has 3 N–H and O–H groups in total. The molecule has 0 aromatic carbocycles. The van der Waals surface area contributed by atoms with Crippen molar-refractivity contribution in [2.24, 2.45) is 5.92 Å². The minimum absolute atomic E-state index is 0.0119. The molecule has 0 unspecified atom stereocenters. The summed E-state index contributed by atoms with van der Waals surface area (Å²) in [4.78, 5) is 21.7. The van der Waals surface area contributed by atoms with Gasteiger partial charge in [0.1, 0.15) is 18.2 Å². The van der Waals surface area contributed by atoms with Crippen LogP contribution in [0, 0.1) is 5.92 Å². The zero-order valence-corrected chi connectivity index (χ0v) is 24.2. The molecule has 0 amide bonds. The molecule has 4 atom stereocenters. The van der Waals surface area contributed by atoms with E-state index >= 15 is 0 Å². The number of carbonyl (C=O) groups is 1. The van der Waals surface area contributed by atoms with Crippen LogP contribution in [-0.2, 0) is 4.43 Å². The van der Waals surface area contributed by atoms with Crippen molar-refractivity contribution in [1.82, 2.24) is 9.97 Å². The summed E-state index contributed by atoms with van der Waals surface area (Å²) in [6.45, 7) is 19.1. The van der Waals surface area contributed by atoms with E-state index in [9.17, 15) is 15.0 Å². The van der Waals surface area contributed by atoms with Gasteiger partial charge in [0.2, 0.25) is 14.1 Å². The summed E-state index contributed by atoms with van der Waals surface area (Å²) in [6, 6.07) is 1.51. The molecule has 1 aliphatic rings. The van der Waals surface area contributed by atoms with Gasteiger partial charge in [0.15, 0.2) is 5.76 Å². The zero-order chi connectivity index (χ0) is 27.5. The van der Waals surface area contributed by atoms with E-state index in [1.807, 2.05) is 0 Å². The van der Waals surface area contributed by atoms with Crippen LogP contribution in [0.3, 0.4) is 0 Å². The van der Waals surface area contributed by atoms with Crippen LogP contribution in [0.2, 0.25) is 16.6 Å². The standard InChI is InChI=1S/C28H43N3O5Si/c1-16(2)26(33)21-10-25(35-14-21)27(34)23-12-29-15-30-28(23)31-22-9-20(13-32)24(11-22)36-37(17(3)4,18(5)6)19(7)8/h10,12,14-15,17-20,22,24,26,32-33H,1,9,11,13H2,2-8H3,(H,29,30,31)/t20-,22-,24+,26-/m1/s1. The van der Waals surface area contributed by atoms with E-state index in [1.165, 1.54) is 24.9 Å². The Morgan fingerprint density at radius 1 is 1.22 bits per heavy atom. The molecule has 204 valence electrons. The first kappa shape index (κ1) is 29.2. The molecule has 1 fully saturated rings. The Hall–Kier alpha value is -2.33. The number of furan rings is 1. The van der Waals surface area contributed by atoms with E-state index in [2.05, 4.69) is 63.4 Å². The summed E-state index contributed by atoms with van der Waals surface area (Å²) in [5, 5.41) is 23.8. The number of nitrogens with one attached hydrogen (secondary N) is 1. The van der Waals surface area contributed by atoms with Crippen molar-refractivity contribution in [3.05, 3.63) is 53.9 Å². The van der Waals surface area contributed by atoms with Gasteiger partial charge in [0.05, 0.1) is 17.9 Å². The van der Waals surface area contributed by atoms with E-state index in [-0.39, 0.29) is 41.8 Å². The van der Waals surface area contributed by atoms with E-state index in [0.29, 0.717) is 40.0 Å². The number of hydrogen-bond donors (Lipinski definition) is 3. The number of ketones is 1. The summed E-state index contributed by atoms with van der Waals surface area (Å²) in [5.74, 6) is 0.146. The summed E-state index contributed by atoms with van der Waals surface area (Å²) in [7, 11) is -2.12. The molecule has 0 bridgehead atoms. The van der Waals surface area contributed by atoms with Crippen molar-refractivity contribution in [2.75, 3.05) is 11.9 Å². The number of aromatic nitrogens is 2. The highest BCUT2D eigenvalue weighted by Crippen LogP contribution is 2.46. The number of hydrogen-bond acceptors (Lipinski definition) is 8. The summed E-state index contributed by atoms with van der Waals surface area (Å²) >= 11 is 0. The molecule has 3 rings (SSSR count).